The number of carbonyl (C=O) groups excluding carboxylic acids is 2. The lowest BCUT2D eigenvalue weighted by atomic mass is 9.96. The van der Waals surface area contributed by atoms with Crippen LogP contribution in [0.15, 0.2) is 84.1 Å². The van der Waals surface area contributed by atoms with Gasteiger partial charge >= 0.3 is 0 Å². The van der Waals surface area contributed by atoms with Gasteiger partial charge in [-0.1, -0.05) is 83.1 Å². The van der Waals surface area contributed by atoms with Gasteiger partial charge in [0, 0.05) is 0 Å². The van der Waals surface area contributed by atoms with E-state index in [1.54, 1.807) is 24.3 Å². The molecule has 0 radical (unpaired) electrons. The largest absolute Gasteiger partial charge is 0.503 e. The molecule has 35 heavy (non-hydrogen) atoms. The predicted octanol–water partition coefficient (Wildman–Crippen LogP) is 7.09. The fraction of sp³-hybridized carbons (Fsp3) is 0.0741. The zero-order chi connectivity index (χ0) is 24.7. The normalized spacial score (nSPS) is 16.1. The van der Waals surface area contributed by atoms with Crippen molar-refractivity contribution in [3.63, 3.8) is 0 Å². The molecule has 3 aromatic carbocycles. The van der Waals surface area contributed by atoms with Gasteiger partial charge in [0.25, 0.3) is 5.91 Å². The van der Waals surface area contributed by atoms with Crippen LogP contribution in [0.2, 0.25) is 10.0 Å². The van der Waals surface area contributed by atoms with Gasteiger partial charge in [-0.05, 0) is 54.0 Å². The summed E-state index contributed by atoms with van der Waals surface area (Å²) < 4.78 is 0.893. The summed E-state index contributed by atoms with van der Waals surface area (Å²) in [5.74, 6) is -1.80. The molecule has 1 aromatic heterocycles. The lowest BCUT2D eigenvalue weighted by Crippen LogP contribution is -2.30. The van der Waals surface area contributed by atoms with Crippen molar-refractivity contribution in [1.82, 2.24) is 4.98 Å². The Morgan fingerprint density at radius 2 is 1.83 bits per heavy atom. The van der Waals surface area contributed by atoms with Crippen LogP contribution >= 0.6 is 34.5 Å². The van der Waals surface area contributed by atoms with Crippen molar-refractivity contribution in [3.8, 4) is 0 Å². The van der Waals surface area contributed by atoms with Crippen LogP contribution in [0.25, 0.3) is 16.3 Å². The van der Waals surface area contributed by atoms with Crippen LogP contribution in [0.5, 0.6) is 0 Å². The predicted molar refractivity (Wildman–Crippen MR) is 141 cm³/mol. The average molecular weight is 521 g/mol. The number of hydrogen-bond acceptors (Lipinski definition) is 5. The minimum absolute atomic E-state index is 0.0454. The minimum Gasteiger partial charge on any atom is -0.503 e. The van der Waals surface area contributed by atoms with E-state index in [-0.39, 0.29) is 10.6 Å². The number of carbonyl (C=O) groups is 2. The number of aromatic nitrogens is 1. The standard InChI is InChI=1S/C27H18Cl2N2O3S/c1-15-7-11-20-22(13-15)35-27(30-20)31-24(17-9-10-18(28)19(29)14-17)23(25(33)26(31)34)21(32)12-8-16-5-3-2-4-6-16/h2-14,24,33H,1H3/b12-8+. The molecule has 0 aliphatic carbocycles. The number of aliphatic hydroxyl groups is 1. The van der Waals surface area contributed by atoms with E-state index in [2.05, 4.69) is 4.98 Å². The maximum atomic E-state index is 13.3. The maximum absolute atomic E-state index is 13.3. The SMILES string of the molecule is Cc1ccc2nc(N3C(=O)C(O)=C(C(=O)/C=C/c4ccccc4)C3c3ccc(Cl)c(Cl)c3)sc2c1. The van der Waals surface area contributed by atoms with Gasteiger partial charge in [0.2, 0.25) is 0 Å². The molecule has 4 aromatic rings. The third-order valence-electron chi connectivity index (χ3n) is 5.70. The highest BCUT2D eigenvalue weighted by Crippen LogP contribution is 2.44. The van der Waals surface area contributed by atoms with Crippen molar-refractivity contribution in [1.29, 1.82) is 0 Å². The third-order valence-corrected chi connectivity index (χ3v) is 7.45. The number of nitrogens with zero attached hydrogens (tertiary/aromatic N) is 2. The Morgan fingerprint density at radius 3 is 2.57 bits per heavy atom. The van der Waals surface area contributed by atoms with Crippen molar-refractivity contribution in [2.45, 2.75) is 13.0 Å². The van der Waals surface area contributed by atoms with Gasteiger partial charge in [-0.25, -0.2) is 4.98 Å². The summed E-state index contributed by atoms with van der Waals surface area (Å²) in [6.45, 7) is 1.97. The number of benzene rings is 3. The topological polar surface area (TPSA) is 70.5 Å². The second-order valence-corrected chi connectivity index (χ2v) is 9.91. The number of aliphatic hydroxyl groups excluding tert-OH is 1. The molecule has 1 atom stereocenters. The van der Waals surface area contributed by atoms with Crippen molar-refractivity contribution < 1.29 is 14.7 Å². The molecule has 0 saturated heterocycles. The number of hydrogen-bond donors (Lipinski definition) is 1. The molecule has 2 heterocycles. The highest BCUT2D eigenvalue weighted by Gasteiger charge is 2.45. The molecule has 1 aliphatic heterocycles. The van der Waals surface area contributed by atoms with Gasteiger partial charge in [0.05, 0.1) is 31.9 Å². The Bertz CT molecular complexity index is 1540. The van der Waals surface area contributed by atoms with Crippen LogP contribution in [0.4, 0.5) is 5.13 Å². The van der Waals surface area contributed by atoms with E-state index < -0.39 is 23.5 Å². The van der Waals surface area contributed by atoms with Crippen LogP contribution in [0.3, 0.4) is 0 Å². The number of rotatable bonds is 5. The Morgan fingerprint density at radius 1 is 1.06 bits per heavy atom. The first-order valence-corrected chi connectivity index (χ1v) is 12.3. The molecule has 174 valence electrons. The first-order valence-electron chi connectivity index (χ1n) is 10.7. The van der Waals surface area contributed by atoms with Crippen LogP contribution < -0.4 is 4.90 Å². The number of allylic oxidation sites excluding steroid dienone is 1. The lowest BCUT2D eigenvalue weighted by Gasteiger charge is -2.24. The van der Waals surface area contributed by atoms with Crippen molar-refractivity contribution >= 4 is 67.7 Å². The number of halogens is 2. The Labute approximate surface area is 215 Å². The zero-order valence-corrected chi connectivity index (χ0v) is 20.7. The average Bonchev–Trinajstić information content (AvgIpc) is 3.37. The van der Waals surface area contributed by atoms with E-state index in [4.69, 9.17) is 23.2 Å². The minimum atomic E-state index is -0.924. The molecule has 0 saturated carbocycles. The first-order chi connectivity index (χ1) is 16.8. The molecule has 8 heteroatoms. The molecule has 5 nitrogen and oxygen atoms in total. The van der Waals surface area contributed by atoms with Gasteiger partial charge in [0.1, 0.15) is 0 Å². The molecular weight excluding hydrogens is 503 g/mol. The molecule has 1 amide bonds. The third kappa shape index (κ3) is 4.36. The summed E-state index contributed by atoms with van der Waals surface area (Å²) in [5.41, 5.74) is 3.08. The smallest absolute Gasteiger partial charge is 0.296 e. The van der Waals surface area contributed by atoms with Gasteiger partial charge in [-0.15, -0.1) is 0 Å². The van der Waals surface area contributed by atoms with Gasteiger partial charge < -0.3 is 5.11 Å². The fourth-order valence-corrected chi connectivity index (χ4v) is 5.40. The zero-order valence-electron chi connectivity index (χ0n) is 18.4. The van der Waals surface area contributed by atoms with Crippen molar-refractivity contribution in [3.05, 3.63) is 111 Å². The molecular formula is C27H18Cl2N2O3S. The number of fused-ring (bicyclic) bond motifs is 1. The molecule has 1 aliphatic rings. The summed E-state index contributed by atoms with van der Waals surface area (Å²) in [7, 11) is 0. The molecule has 1 N–H and O–H groups in total. The van der Waals surface area contributed by atoms with Crippen LogP contribution in [0.1, 0.15) is 22.7 Å². The van der Waals surface area contributed by atoms with Gasteiger partial charge in [-0.2, -0.15) is 0 Å². The van der Waals surface area contributed by atoms with E-state index in [0.717, 1.165) is 21.3 Å². The Hall–Kier alpha value is -3.45. The Balaban J connectivity index is 1.63. The Kier molecular flexibility index (Phi) is 6.19. The van der Waals surface area contributed by atoms with Crippen molar-refractivity contribution in [2.24, 2.45) is 0 Å². The van der Waals surface area contributed by atoms with Gasteiger partial charge in [0.15, 0.2) is 16.7 Å². The highest BCUT2D eigenvalue weighted by atomic mass is 35.5. The number of ketones is 1. The van der Waals surface area contributed by atoms with E-state index >= 15 is 0 Å². The summed E-state index contributed by atoms with van der Waals surface area (Å²) >= 11 is 13.7. The van der Waals surface area contributed by atoms with Crippen LogP contribution in [0, 0.1) is 6.92 Å². The van der Waals surface area contributed by atoms with E-state index in [1.165, 1.54) is 22.3 Å². The summed E-state index contributed by atoms with van der Waals surface area (Å²) in [6, 6.07) is 19.0. The molecule has 0 spiro atoms. The molecule has 0 fully saturated rings. The van der Waals surface area contributed by atoms with E-state index in [1.807, 2.05) is 55.5 Å². The summed E-state index contributed by atoms with van der Waals surface area (Å²) in [6.07, 6.45) is 2.99. The van der Waals surface area contributed by atoms with Crippen molar-refractivity contribution in [2.75, 3.05) is 4.90 Å². The number of aryl methyl sites for hydroxylation is 1. The fourth-order valence-electron chi connectivity index (χ4n) is 4.00. The molecule has 0 bridgehead atoms. The van der Waals surface area contributed by atoms with Crippen LogP contribution in [-0.2, 0) is 9.59 Å². The second kappa shape index (κ2) is 9.30. The van der Waals surface area contributed by atoms with E-state index in [0.29, 0.717) is 15.7 Å². The number of anilines is 1. The number of amides is 1. The lowest BCUT2D eigenvalue weighted by molar-refractivity contribution is -0.117. The molecule has 1 unspecified atom stereocenters. The maximum Gasteiger partial charge on any atom is 0.296 e. The first kappa shape index (κ1) is 23.3. The molecule has 5 rings (SSSR count). The number of thiazole rings is 1. The quantitative estimate of drug-likeness (QED) is 0.285. The second-order valence-electron chi connectivity index (χ2n) is 8.09. The van der Waals surface area contributed by atoms with E-state index in [9.17, 15) is 14.7 Å². The summed E-state index contributed by atoms with van der Waals surface area (Å²) in [4.78, 5) is 32.6. The van der Waals surface area contributed by atoms with Crippen LogP contribution in [-0.4, -0.2) is 21.8 Å². The van der Waals surface area contributed by atoms with Gasteiger partial charge in [-0.3, -0.25) is 14.5 Å². The highest BCUT2D eigenvalue weighted by molar-refractivity contribution is 7.22. The monoisotopic (exact) mass is 520 g/mol. The summed E-state index contributed by atoms with van der Waals surface area (Å²) in [5, 5.41) is 11.9.